The van der Waals surface area contributed by atoms with Crippen LogP contribution in [0.5, 0.6) is 0 Å². The number of carboxylic acids is 1. The molecule has 104 valence electrons. The van der Waals surface area contributed by atoms with Crippen molar-refractivity contribution < 1.29 is 18.7 Å². The largest absolute Gasteiger partial charge is 0.481 e. The average molecular weight is 289 g/mol. The van der Waals surface area contributed by atoms with E-state index in [0.717, 1.165) is 0 Å². The molecule has 1 N–H and O–H groups in total. The van der Waals surface area contributed by atoms with Crippen LogP contribution in [0.15, 0.2) is 24.3 Å². The second-order valence-electron chi connectivity index (χ2n) is 5.14. The summed E-state index contributed by atoms with van der Waals surface area (Å²) in [5.74, 6) is -4.58. The maximum absolute atomic E-state index is 13.1. The number of halogens is 3. The first kappa shape index (κ1) is 14.3. The number of aliphatic carboxylic acids is 1. The number of carboxylic acid groups (broad SMARTS) is 1. The summed E-state index contributed by atoms with van der Waals surface area (Å²) in [4.78, 5) is 11.3. The van der Waals surface area contributed by atoms with Crippen LogP contribution in [0.3, 0.4) is 0 Å². The normalized spacial score (nSPS) is 23.2. The van der Waals surface area contributed by atoms with Crippen LogP contribution in [0.4, 0.5) is 8.78 Å². The molecule has 2 unspecified atom stereocenters. The zero-order valence-corrected chi connectivity index (χ0v) is 11.0. The molecule has 2 atom stereocenters. The summed E-state index contributed by atoms with van der Waals surface area (Å²) >= 11 is 5.76. The lowest BCUT2D eigenvalue weighted by atomic mass is 9.88. The number of hydrogen-bond donors (Lipinski definition) is 1. The maximum atomic E-state index is 13.1. The molecular weight excluding hydrogens is 274 g/mol. The third kappa shape index (κ3) is 3.66. The molecule has 19 heavy (non-hydrogen) atoms. The molecule has 0 radical (unpaired) electrons. The van der Waals surface area contributed by atoms with E-state index >= 15 is 0 Å². The van der Waals surface area contributed by atoms with E-state index in [-0.39, 0.29) is 25.2 Å². The molecule has 1 saturated carbocycles. The van der Waals surface area contributed by atoms with Gasteiger partial charge in [-0.1, -0.05) is 23.7 Å². The van der Waals surface area contributed by atoms with Gasteiger partial charge in [0.1, 0.15) is 0 Å². The van der Waals surface area contributed by atoms with E-state index in [4.69, 9.17) is 11.6 Å². The molecule has 1 aromatic carbocycles. The van der Waals surface area contributed by atoms with Crippen molar-refractivity contribution in [1.82, 2.24) is 0 Å². The standard InChI is InChI=1S/C14H15ClF2O2/c15-11-3-1-10(2-4-11)12(13(18)19)7-9-5-6-14(16,17)8-9/h1-4,9,12H,5-8H2,(H,18,19). The van der Waals surface area contributed by atoms with E-state index in [9.17, 15) is 18.7 Å². The van der Waals surface area contributed by atoms with E-state index in [1.54, 1.807) is 24.3 Å². The van der Waals surface area contributed by atoms with Gasteiger partial charge in [0.25, 0.3) is 0 Å². The zero-order valence-electron chi connectivity index (χ0n) is 10.3. The van der Waals surface area contributed by atoms with Crippen LogP contribution in [0.1, 0.15) is 37.2 Å². The number of benzene rings is 1. The molecule has 1 fully saturated rings. The fraction of sp³-hybridized carbons (Fsp3) is 0.500. The Morgan fingerprint density at radius 3 is 2.53 bits per heavy atom. The SMILES string of the molecule is O=C(O)C(CC1CCC(F)(F)C1)c1ccc(Cl)cc1. The third-order valence-electron chi connectivity index (χ3n) is 3.65. The van der Waals surface area contributed by atoms with Crippen LogP contribution >= 0.6 is 11.6 Å². The minimum absolute atomic E-state index is 0.134. The molecule has 0 bridgehead atoms. The van der Waals surface area contributed by atoms with Gasteiger partial charge in [-0.2, -0.15) is 0 Å². The van der Waals surface area contributed by atoms with Crippen LogP contribution in [0.2, 0.25) is 5.02 Å². The predicted molar refractivity (Wildman–Crippen MR) is 68.7 cm³/mol. The number of carbonyl (C=O) groups is 1. The van der Waals surface area contributed by atoms with Crippen LogP contribution in [-0.2, 0) is 4.79 Å². The Kier molecular flexibility index (Phi) is 4.09. The first-order valence-electron chi connectivity index (χ1n) is 6.23. The Hall–Kier alpha value is -1.16. The molecule has 0 aromatic heterocycles. The van der Waals surface area contributed by atoms with E-state index in [1.807, 2.05) is 0 Å². The van der Waals surface area contributed by atoms with Crippen molar-refractivity contribution in [2.24, 2.45) is 5.92 Å². The Labute approximate surface area is 115 Å². The summed E-state index contributed by atoms with van der Waals surface area (Å²) in [6, 6.07) is 6.54. The quantitative estimate of drug-likeness (QED) is 0.895. The summed E-state index contributed by atoms with van der Waals surface area (Å²) < 4.78 is 26.3. The highest BCUT2D eigenvalue weighted by Gasteiger charge is 2.40. The maximum Gasteiger partial charge on any atom is 0.310 e. The fourth-order valence-electron chi connectivity index (χ4n) is 2.65. The Bertz CT molecular complexity index is 459. The summed E-state index contributed by atoms with van der Waals surface area (Å²) in [7, 11) is 0. The molecule has 0 spiro atoms. The highest BCUT2D eigenvalue weighted by Crippen LogP contribution is 2.43. The van der Waals surface area contributed by atoms with Crippen molar-refractivity contribution in [3.05, 3.63) is 34.9 Å². The van der Waals surface area contributed by atoms with Crippen molar-refractivity contribution in [2.45, 2.75) is 37.5 Å². The molecule has 1 aliphatic rings. The lowest BCUT2D eigenvalue weighted by molar-refractivity contribution is -0.139. The van der Waals surface area contributed by atoms with Crippen molar-refractivity contribution in [3.63, 3.8) is 0 Å². The monoisotopic (exact) mass is 288 g/mol. The van der Waals surface area contributed by atoms with Crippen LogP contribution < -0.4 is 0 Å². The minimum atomic E-state index is -2.63. The van der Waals surface area contributed by atoms with Crippen molar-refractivity contribution >= 4 is 17.6 Å². The average Bonchev–Trinajstić information content (AvgIpc) is 2.67. The molecular formula is C14H15ClF2O2. The number of alkyl halides is 2. The van der Waals surface area contributed by atoms with Crippen molar-refractivity contribution in [2.75, 3.05) is 0 Å². The van der Waals surface area contributed by atoms with Crippen molar-refractivity contribution in [3.8, 4) is 0 Å². The first-order valence-corrected chi connectivity index (χ1v) is 6.61. The zero-order chi connectivity index (χ0) is 14.0. The highest BCUT2D eigenvalue weighted by molar-refractivity contribution is 6.30. The molecule has 2 nitrogen and oxygen atoms in total. The van der Waals surface area contributed by atoms with Gasteiger partial charge in [0, 0.05) is 17.9 Å². The minimum Gasteiger partial charge on any atom is -0.481 e. The molecule has 0 amide bonds. The summed E-state index contributed by atoms with van der Waals surface area (Å²) in [5.41, 5.74) is 0.618. The van der Waals surface area contributed by atoms with Gasteiger partial charge in [-0.15, -0.1) is 0 Å². The molecule has 0 heterocycles. The van der Waals surface area contributed by atoms with Gasteiger partial charge in [-0.05, 0) is 36.5 Å². The summed E-state index contributed by atoms with van der Waals surface area (Å²) in [6.07, 6.45) is 0.311. The van der Waals surface area contributed by atoms with Crippen molar-refractivity contribution in [1.29, 1.82) is 0 Å². The Morgan fingerprint density at radius 2 is 2.05 bits per heavy atom. The van der Waals surface area contributed by atoms with E-state index in [2.05, 4.69) is 0 Å². The van der Waals surface area contributed by atoms with Gasteiger partial charge < -0.3 is 5.11 Å². The fourth-order valence-corrected chi connectivity index (χ4v) is 2.78. The van der Waals surface area contributed by atoms with Crippen LogP contribution in [0.25, 0.3) is 0 Å². The number of hydrogen-bond acceptors (Lipinski definition) is 1. The van der Waals surface area contributed by atoms with E-state index in [1.165, 1.54) is 0 Å². The first-order chi connectivity index (χ1) is 8.87. The topological polar surface area (TPSA) is 37.3 Å². The number of rotatable bonds is 4. The van der Waals surface area contributed by atoms with Crippen LogP contribution in [-0.4, -0.2) is 17.0 Å². The van der Waals surface area contributed by atoms with Gasteiger partial charge in [0.2, 0.25) is 5.92 Å². The van der Waals surface area contributed by atoms with Gasteiger partial charge in [0.05, 0.1) is 5.92 Å². The van der Waals surface area contributed by atoms with Gasteiger partial charge in [-0.25, -0.2) is 8.78 Å². The lowest BCUT2D eigenvalue weighted by Crippen LogP contribution is -2.16. The molecule has 1 aliphatic carbocycles. The van der Waals surface area contributed by atoms with Gasteiger partial charge in [-0.3, -0.25) is 4.79 Å². The molecule has 1 aromatic rings. The van der Waals surface area contributed by atoms with Gasteiger partial charge >= 0.3 is 5.97 Å². The Morgan fingerprint density at radius 1 is 1.42 bits per heavy atom. The smallest absolute Gasteiger partial charge is 0.310 e. The summed E-state index contributed by atoms with van der Waals surface area (Å²) in [6.45, 7) is 0. The third-order valence-corrected chi connectivity index (χ3v) is 3.90. The lowest BCUT2D eigenvalue weighted by Gasteiger charge is -2.17. The summed E-state index contributed by atoms with van der Waals surface area (Å²) in [5, 5.41) is 9.79. The van der Waals surface area contributed by atoms with E-state index < -0.39 is 17.8 Å². The van der Waals surface area contributed by atoms with Crippen LogP contribution in [0, 0.1) is 5.92 Å². The second-order valence-corrected chi connectivity index (χ2v) is 5.58. The molecule has 5 heteroatoms. The highest BCUT2D eigenvalue weighted by atomic mass is 35.5. The Balaban J connectivity index is 2.09. The predicted octanol–water partition coefficient (Wildman–Crippen LogP) is 4.33. The van der Waals surface area contributed by atoms with E-state index in [0.29, 0.717) is 17.0 Å². The molecule has 0 aliphatic heterocycles. The van der Waals surface area contributed by atoms with Gasteiger partial charge in [0.15, 0.2) is 0 Å². The molecule has 2 rings (SSSR count). The molecule has 0 saturated heterocycles. The second kappa shape index (κ2) is 5.45.